The molecule has 1 saturated carbocycles. The van der Waals surface area contributed by atoms with Crippen LogP contribution in [0, 0.1) is 12.8 Å². The Labute approximate surface area is 144 Å². The van der Waals surface area contributed by atoms with Crippen molar-refractivity contribution >= 4 is 23.3 Å². The summed E-state index contributed by atoms with van der Waals surface area (Å²) in [5.74, 6) is 0.464. The van der Waals surface area contributed by atoms with Gasteiger partial charge in [-0.05, 0) is 50.3 Å². The topological polar surface area (TPSA) is 61.4 Å². The predicted octanol–water partition coefficient (Wildman–Crippen LogP) is 4.39. The van der Waals surface area contributed by atoms with Crippen molar-refractivity contribution in [2.24, 2.45) is 5.92 Å². The molecule has 0 unspecified atom stereocenters. The second kappa shape index (κ2) is 8.18. The highest BCUT2D eigenvalue weighted by Crippen LogP contribution is 2.29. The van der Waals surface area contributed by atoms with Gasteiger partial charge in [-0.1, -0.05) is 25.3 Å². The molecule has 2 N–H and O–H groups in total. The normalized spacial score (nSPS) is 16.3. The summed E-state index contributed by atoms with van der Waals surface area (Å²) < 4.78 is 0. The van der Waals surface area contributed by atoms with Crippen LogP contribution in [0.4, 0.5) is 16.2 Å². The van der Waals surface area contributed by atoms with E-state index in [0.29, 0.717) is 5.92 Å². The maximum absolute atomic E-state index is 12.6. The van der Waals surface area contributed by atoms with E-state index in [1.54, 1.807) is 4.90 Å². The average Bonchev–Trinajstić information content (AvgIpc) is 2.57. The van der Waals surface area contributed by atoms with Gasteiger partial charge in [0, 0.05) is 31.4 Å². The number of amides is 3. The first-order chi connectivity index (χ1) is 11.4. The zero-order valence-electron chi connectivity index (χ0n) is 15.2. The molecule has 0 spiro atoms. The number of nitrogens with zero attached hydrogens (tertiary/aromatic N) is 1. The maximum atomic E-state index is 12.6. The summed E-state index contributed by atoms with van der Waals surface area (Å²) in [7, 11) is 1.86. The second-order valence-electron chi connectivity index (χ2n) is 6.84. The fourth-order valence-corrected chi connectivity index (χ4v) is 3.42. The molecule has 5 nitrogen and oxygen atoms in total. The minimum absolute atomic E-state index is 0.101. The van der Waals surface area contributed by atoms with E-state index in [2.05, 4.69) is 17.6 Å². The fraction of sp³-hybridized carbons (Fsp3) is 0.579. The standard InChI is InChI=1S/C19H29N3O2/c1-13-17(20-15(3)23)11-8-12-18(13)21-19(24)22(4)14(2)16-9-6-5-7-10-16/h8,11-12,14,16H,5-7,9-10H2,1-4H3,(H,20,23)(H,21,24)/t14-/m0/s1. The van der Waals surface area contributed by atoms with Crippen LogP contribution in [0.25, 0.3) is 0 Å². The molecule has 0 aliphatic heterocycles. The Morgan fingerprint density at radius 3 is 2.29 bits per heavy atom. The van der Waals surface area contributed by atoms with Crippen LogP contribution in [0.5, 0.6) is 0 Å². The molecule has 1 aliphatic rings. The molecule has 1 aliphatic carbocycles. The average molecular weight is 331 g/mol. The molecule has 0 saturated heterocycles. The Hall–Kier alpha value is -2.04. The van der Waals surface area contributed by atoms with E-state index in [4.69, 9.17) is 0 Å². The number of hydrogen-bond acceptors (Lipinski definition) is 2. The van der Waals surface area contributed by atoms with E-state index in [9.17, 15) is 9.59 Å². The smallest absolute Gasteiger partial charge is 0.321 e. The van der Waals surface area contributed by atoms with Crippen molar-refractivity contribution in [3.05, 3.63) is 23.8 Å². The van der Waals surface area contributed by atoms with E-state index in [-0.39, 0.29) is 18.0 Å². The van der Waals surface area contributed by atoms with Gasteiger partial charge in [0.15, 0.2) is 0 Å². The van der Waals surface area contributed by atoms with Crippen molar-refractivity contribution in [3.8, 4) is 0 Å². The van der Waals surface area contributed by atoms with Gasteiger partial charge in [0.2, 0.25) is 5.91 Å². The monoisotopic (exact) mass is 331 g/mol. The number of anilines is 2. The van der Waals surface area contributed by atoms with E-state index in [1.165, 1.54) is 39.0 Å². The summed E-state index contributed by atoms with van der Waals surface area (Å²) in [5.41, 5.74) is 2.32. The van der Waals surface area contributed by atoms with E-state index in [0.717, 1.165) is 16.9 Å². The molecule has 0 radical (unpaired) electrons. The minimum atomic E-state index is -0.121. The van der Waals surface area contributed by atoms with Gasteiger partial charge >= 0.3 is 6.03 Å². The number of hydrogen-bond donors (Lipinski definition) is 2. The Morgan fingerprint density at radius 1 is 1.12 bits per heavy atom. The molecule has 0 aromatic heterocycles. The number of urea groups is 1. The number of rotatable bonds is 4. The number of carbonyl (C=O) groups excluding carboxylic acids is 2. The van der Waals surface area contributed by atoms with Gasteiger partial charge < -0.3 is 15.5 Å². The Balaban J connectivity index is 2.04. The Morgan fingerprint density at radius 2 is 1.71 bits per heavy atom. The highest BCUT2D eigenvalue weighted by molar-refractivity contribution is 5.94. The summed E-state index contributed by atoms with van der Waals surface area (Å²) in [6, 6.07) is 5.65. The Bertz CT molecular complexity index is 594. The lowest BCUT2D eigenvalue weighted by atomic mass is 9.84. The van der Waals surface area contributed by atoms with Gasteiger partial charge in [0.05, 0.1) is 0 Å². The molecular weight excluding hydrogens is 302 g/mol. The highest BCUT2D eigenvalue weighted by atomic mass is 16.2. The fourth-order valence-electron chi connectivity index (χ4n) is 3.42. The molecule has 1 aromatic carbocycles. The van der Waals surface area contributed by atoms with Crippen LogP contribution in [0.3, 0.4) is 0 Å². The van der Waals surface area contributed by atoms with Crippen LogP contribution < -0.4 is 10.6 Å². The van der Waals surface area contributed by atoms with Crippen LogP contribution in [0.15, 0.2) is 18.2 Å². The first-order valence-corrected chi connectivity index (χ1v) is 8.81. The van der Waals surface area contributed by atoms with Crippen molar-refractivity contribution in [1.82, 2.24) is 4.90 Å². The van der Waals surface area contributed by atoms with Gasteiger partial charge in [-0.2, -0.15) is 0 Å². The van der Waals surface area contributed by atoms with Crippen LogP contribution >= 0.6 is 0 Å². The maximum Gasteiger partial charge on any atom is 0.321 e. The van der Waals surface area contributed by atoms with Crippen molar-refractivity contribution in [2.45, 2.75) is 58.9 Å². The van der Waals surface area contributed by atoms with Crippen LogP contribution in [0.2, 0.25) is 0 Å². The van der Waals surface area contributed by atoms with Gasteiger partial charge in [0.25, 0.3) is 0 Å². The number of benzene rings is 1. The van der Waals surface area contributed by atoms with Crippen LogP contribution in [0.1, 0.15) is 51.5 Å². The molecule has 2 rings (SSSR count). The summed E-state index contributed by atoms with van der Waals surface area (Å²) in [6.07, 6.45) is 6.25. The predicted molar refractivity (Wildman–Crippen MR) is 98.3 cm³/mol. The van der Waals surface area contributed by atoms with Crippen molar-refractivity contribution in [1.29, 1.82) is 0 Å². The molecular formula is C19H29N3O2. The van der Waals surface area contributed by atoms with Gasteiger partial charge in [-0.3, -0.25) is 4.79 Å². The SMILES string of the molecule is CC(=O)Nc1cccc(NC(=O)N(C)[C@@H](C)C2CCCCC2)c1C. The second-order valence-corrected chi connectivity index (χ2v) is 6.84. The largest absolute Gasteiger partial charge is 0.326 e. The molecule has 0 bridgehead atoms. The van der Waals surface area contributed by atoms with E-state index < -0.39 is 0 Å². The third kappa shape index (κ3) is 4.49. The third-order valence-electron chi connectivity index (χ3n) is 5.15. The molecule has 1 aromatic rings. The van der Waals surface area contributed by atoms with Gasteiger partial charge in [0.1, 0.15) is 0 Å². The van der Waals surface area contributed by atoms with E-state index >= 15 is 0 Å². The molecule has 132 valence electrons. The van der Waals surface area contributed by atoms with E-state index in [1.807, 2.05) is 32.2 Å². The lowest BCUT2D eigenvalue weighted by Crippen LogP contribution is -2.42. The first kappa shape index (κ1) is 18.3. The molecule has 1 atom stereocenters. The summed E-state index contributed by atoms with van der Waals surface area (Å²) >= 11 is 0. The van der Waals surface area contributed by atoms with Crippen molar-refractivity contribution in [3.63, 3.8) is 0 Å². The lowest BCUT2D eigenvalue weighted by Gasteiger charge is -2.34. The van der Waals surface area contributed by atoms with Gasteiger partial charge in [-0.15, -0.1) is 0 Å². The first-order valence-electron chi connectivity index (χ1n) is 8.81. The molecule has 5 heteroatoms. The molecule has 24 heavy (non-hydrogen) atoms. The molecule has 3 amide bonds. The van der Waals surface area contributed by atoms with Crippen LogP contribution in [-0.4, -0.2) is 29.9 Å². The van der Waals surface area contributed by atoms with Gasteiger partial charge in [-0.25, -0.2) is 4.79 Å². The summed E-state index contributed by atoms with van der Waals surface area (Å²) in [6.45, 7) is 5.51. The zero-order valence-corrected chi connectivity index (χ0v) is 15.2. The minimum Gasteiger partial charge on any atom is -0.326 e. The zero-order chi connectivity index (χ0) is 17.7. The number of carbonyl (C=O) groups is 2. The summed E-state index contributed by atoms with van der Waals surface area (Å²) in [5, 5.41) is 5.77. The Kier molecular flexibility index (Phi) is 6.23. The lowest BCUT2D eigenvalue weighted by molar-refractivity contribution is -0.114. The quantitative estimate of drug-likeness (QED) is 0.860. The molecule has 1 fully saturated rings. The summed E-state index contributed by atoms with van der Waals surface area (Å²) in [4.78, 5) is 25.7. The number of nitrogens with one attached hydrogen (secondary N) is 2. The van der Waals surface area contributed by atoms with Crippen LogP contribution in [-0.2, 0) is 4.79 Å². The highest BCUT2D eigenvalue weighted by Gasteiger charge is 2.26. The third-order valence-corrected chi connectivity index (χ3v) is 5.15. The molecule has 0 heterocycles. The van der Waals surface area contributed by atoms with Crippen molar-refractivity contribution in [2.75, 3.05) is 17.7 Å². The van der Waals surface area contributed by atoms with Crippen molar-refractivity contribution < 1.29 is 9.59 Å².